The molecule has 1 aromatic carbocycles. The third-order valence-electron chi connectivity index (χ3n) is 5.89. The molecule has 32 heavy (non-hydrogen) atoms. The molecule has 2 aromatic rings. The highest BCUT2D eigenvalue weighted by Gasteiger charge is 2.45. The number of hydrogen-bond donors (Lipinski definition) is 1. The SMILES string of the molecule is CSc1sc(C)cc1C1C(C#N)=C(N)N(c2ccc(Cl)c(Cl)c2)C2=C1C(=O)CC(C)(C)C2. The summed E-state index contributed by atoms with van der Waals surface area (Å²) in [6.07, 6.45) is 3.09. The Hall–Kier alpha value is -1.91. The molecule has 0 bridgehead atoms. The van der Waals surface area contributed by atoms with Crippen molar-refractivity contribution in [3.05, 3.63) is 67.4 Å². The van der Waals surface area contributed by atoms with Crippen molar-refractivity contribution in [2.45, 2.75) is 43.7 Å². The summed E-state index contributed by atoms with van der Waals surface area (Å²) in [5.74, 6) is -0.0801. The van der Waals surface area contributed by atoms with E-state index in [1.54, 1.807) is 35.2 Å². The lowest BCUT2D eigenvalue weighted by atomic mass is 9.69. The van der Waals surface area contributed by atoms with Gasteiger partial charge in [-0.05, 0) is 54.8 Å². The van der Waals surface area contributed by atoms with Crippen molar-refractivity contribution in [3.63, 3.8) is 0 Å². The lowest BCUT2D eigenvalue weighted by Gasteiger charge is -2.43. The van der Waals surface area contributed by atoms with Crippen LogP contribution in [0.5, 0.6) is 0 Å². The minimum absolute atomic E-state index is 0.0578. The fraction of sp³-hybridized carbons (Fsp3) is 0.333. The van der Waals surface area contributed by atoms with E-state index in [4.69, 9.17) is 28.9 Å². The van der Waals surface area contributed by atoms with Crippen molar-refractivity contribution in [1.29, 1.82) is 5.26 Å². The van der Waals surface area contributed by atoms with Crippen LogP contribution in [0.2, 0.25) is 10.0 Å². The van der Waals surface area contributed by atoms with Gasteiger partial charge in [0.05, 0.1) is 31.8 Å². The van der Waals surface area contributed by atoms with E-state index >= 15 is 0 Å². The predicted octanol–water partition coefficient (Wildman–Crippen LogP) is 7.03. The van der Waals surface area contributed by atoms with Crippen LogP contribution in [0.15, 0.2) is 51.1 Å². The Morgan fingerprint density at radius 2 is 1.97 bits per heavy atom. The van der Waals surface area contributed by atoms with Gasteiger partial charge in [-0.1, -0.05) is 37.0 Å². The molecule has 1 atom stereocenters. The van der Waals surface area contributed by atoms with Crippen LogP contribution >= 0.6 is 46.3 Å². The van der Waals surface area contributed by atoms with E-state index in [0.717, 1.165) is 20.3 Å². The molecule has 166 valence electrons. The average Bonchev–Trinajstić information content (AvgIpc) is 3.09. The van der Waals surface area contributed by atoms with Gasteiger partial charge in [-0.2, -0.15) is 5.26 Å². The van der Waals surface area contributed by atoms with Crippen LogP contribution in [0.4, 0.5) is 5.69 Å². The van der Waals surface area contributed by atoms with Crippen molar-refractivity contribution < 1.29 is 4.79 Å². The van der Waals surface area contributed by atoms with Crippen molar-refractivity contribution in [2.75, 3.05) is 11.2 Å². The minimum Gasteiger partial charge on any atom is -0.384 e. The maximum absolute atomic E-state index is 13.6. The number of benzene rings is 1. The molecule has 0 amide bonds. The van der Waals surface area contributed by atoms with E-state index in [9.17, 15) is 10.1 Å². The number of thiophene rings is 1. The van der Waals surface area contributed by atoms with E-state index in [-0.39, 0.29) is 11.2 Å². The number of anilines is 1. The Morgan fingerprint density at radius 3 is 2.59 bits per heavy atom. The van der Waals surface area contributed by atoms with Gasteiger partial charge in [-0.3, -0.25) is 9.69 Å². The number of allylic oxidation sites excluding steroid dienone is 3. The fourth-order valence-electron chi connectivity index (χ4n) is 4.61. The van der Waals surface area contributed by atoms with Crippen molar-refractivity contribution in [1.82, 2.24) is 0 Å². The minimum atomic E-state index is -0.468. The van der Waals surface area contributed by atoms with Crippen molar-refractivity contribution in [3.8, 4) is 6.07 Å². The Morgan fingerprint density at radius 1 is 1.25 bits per heavy atom. The van der Waals surface area contributed by atoms with Gasteiger partial charge in [-0.15, -0.1) is 23.1 Å². The first-order valence-corrected chi connectivity index (χ1v) is 12.9. The molecule has 0 fully saturated rings. The zero-order valence-electron chi connectivity index (χ0n) is 18.3. The summed E-state index contributed by atoms with van der Waals surface area (Å²) in [5.41, 5.74) is 10.00. The van der Waals surface area contributed by atoms with E-state index in [1.165, 1.54) is 0 Å². The van der Waals surface area contributed by atoms with E-state index in [0.29, 0.717) is 45.5 Å². The summed E-state index contributed by atoms with van der Waals surface area (Å²) in [4.78, 5) is 16.6. The number of rotatable bonds is 3. The van der Waals surface area contributed by atoms with Gasteiger partial charge in [0, 0.05) is 28.3 Å². The highest BCUT2D eigenvalue weighted by atomic mass is 35.5. The first-order valence-electron chi connectivity index (χ1n) is 10.1. The van der Waals surface area contributed by atoms with Gasteiger partial charge < -0.3 is 5.73 Å². The lowest BCUT2D eigenvalue weighted by molar-refractivity contribution is -0.118. The Kier molecular flexibility index (Phi) is 6.15. The maximum Gasteiger partial charge on any atom is 0.162 e. The third kappa shape index (κ3) is 3.86. The number of hydrogen-bond acceptors (Lipinski definition) is 6. The molecule has 8 heteroatoms. The Balaban J connectivity index is 2.03. The second-order valence-corrected chi connectivity index (χ2v) is 12.0. The Labute approximate surface area is 206 Å². The number of nitriles is 1. The van der Waals surface area contributed by atoms with E-state index in [1.807, 2.05) is 24.1 Å². The molecule has 4 nitrogen and oxygen atoms in total. The predicted molar refractivity (Wildman–Crippen MR) is 134 cm³/mol. The molecule has 0 radical (unpaired) electrons. The van der Waals surface area contributed by atoms with Crippen LogP contribution in [0.25, 0.3) is 0 Å². The van der Waals surface area contributed by atoms with Gasteiger partial charge in [0.25, 0.3) is 0 Å². The molecule has 4 rings (SSSR count). The first kappa shape index (κ1) is 23.3. The molecule has 1 aliphatic heterocycles. The highest BCUT2D eigenvalue weighted by Crippen LogP contribution is 2.52. The van der Waals surface area contributed by atoms with Crippen LogP contribution in [-0.4, -0.2) is 12.0 Å². The molecule has 1 aliphatic carbocycles. The molecule has 2 N–H and O–H groups in total. The maximum atomic E-state index is 13.6. The monoisotopic (exact) mass is 503 g/mol. The van der Waals surface area contributed by atoms with Gasteiger partial charge in [0.15, 0.2) is 5.78 Å². The summed E-state index contributed by atoms with van der Waals surface area (Å²) in [6.45, 7) is 6.20. The normalized spacial score (nSPS) is 20.5. The van der Waals surface area contributed by atoms with Gasteiger partial charge >= 0.3 is 0 Å². The summed E-state index contributed by atoms with van der Waals surface area (Å²) in [5, 5.41) is 11.0. The number of aryl methyl sites for hydroxylation is 1. The molecular formula is C24H23Cl2N3OS2. The van der Waals surface area contributed by atoms with Crippen molar-refractivity contribution in [2.24, 2.45) is 11.1 Å². The fourth-order valence-corrected chi connectivity index (χ4v) is 6.82. The molecule has 0 saturated carbocycles. The highest BCUT2D eigenvalue weighted by molar-refractivity contribution is 8.00. The smallest absolute Gasteiger partial charge is 0.162 e. The standard InChI is InChI=1S/C24H23Cl2N3OS2/c1-12-7-14(23(31-4)32-12)20-15(11-27)22(28)29(13-5-6-16(25)17(26)8-13)18-9-24(2,3)10-19(30)21(18)20/h5-8,20H,9-10,28H2,1-4H3. The number of ketones is 1. The van der Waals surface area contributed by atoms with Crippen LogP contribution in [0.1, 0.15) is 43.0 Å². The number of carbonyl (C=O) groups is 1. The number of Topliss-reactive ketones (excluding diaryl/α,β-unsaturated/α-hetero) is 1. The zero-order chi connectivity index (χ0) is 23.4. The molecule has 0 spiro atoms. The van der Waals surface area contributed by atoms with Crippen LogP contribution < -0.4 is 10.6 Å². The molecule has 0 saturated heterocycles. The molecule has 1 unspecified atom stereocenters. The molecule has 1 aromatic heterocycles. The number of nitrogens with zero attached hydrogens (tertiary/aromatic N) is 2. The molecule has 2 heterocycles. The second-order valence-electron chi connectivity index (χ2n) is 8.88. The zero-order valence-corrected chi connectivity index (χ0v) is 21.4. The first-order chi connectivity index (χ1) is 15.1. The average molecular weight is 505 g/mol. The third-order valence-corrected chi connectivity index (χ3v) is 8.84. The second kappa shape index (κ2) is 8.46. The number of thioether (sulfide) groups is 1. The van der Waals surface area contributed by atoms with Crippen molar-refractivity contribution >= 4 is 57.8 Å². The molecule has 2 aliphatic rings. The van der Waals surface area contributed by atoms with Crippen LogP contribution in [0, 0.1) is 23.7 Å². The largest absolute Gasteiger partial charge is 0.384 e. The van der Waals surface area contributed by atoms with Gasteiger partial charge in [0.1, 0.15) is 5.82 Å². The summed E-state index contributed by atoms with van der Waals surface area (Å²) >= 11 is 15.8. The molecular weight excluding hydrogens is 481 g/mol. The quantitative estimate of drug-likeness (QED) is 0.455. The van der Waals surface area contributed by atoms with Crippen LogP contribution in [-0.2, 0) is 4.79 Å². The van der Waals surface area contributed by atoms with E-state index in [2.05, 4.69) is 26.0 Å². The summed E-state index contributed by atoms with van der Waals surface area (Å²) < 4.78 is 1.10. The summed E-state index contributed by atoms with van der Waals surface area (Å²) in [7, 11) is 0. The Bertz CT molecular complexity index is 1240. The number of halogens is 2. The number of nitrogens with two attached hydrogens (primary N) is 1. The summed E-state index contributed by atoms with van der Waals surface area (Å²) in [6, 6.07) is 9.65. The van der Waals surface area contributed by atoms with Gasteiger partial charge in [-0.25, -0.2) is 0 Å². The number of carbonyl (C=O) groups excluding carboxylic acids is 1. The van der Waals surface area contributed by atoms with Gasteiger partial charge in [0.2, 0.25) is 0 Å². The van der Waals surface area contributed by atoms with Crippen LogP contribution in [0.3, 0.4) is 0 Å². The van der Waals surface area contributed by atoms with E-state index < -0.39 is 5.92 Å². The topological polar surface area (TPSA) is 70.1 Å². The lowest BCUT2D eigenvalue weighted by Crippen LogP contribution is -2.42.